The lowest BCUT2D eigenvalue weighted by atomic mass is 10.1. The van der Waals surface area contributed by atoms with E-state index < -0.39 is 5.76 Å². The van der Waals surface area contributed by atoms with Gasteiger partial charge in [0.15, 0.2) is 0 Å². The monoisotopic (exact) mass is 352 g/mol. The minimum Gasteiger partial charge on any atom is -0.388 e. The van der Waals surface area contributed by atoms with Gasteiger partial charge in [-0.15, -0.1) is 5.10 Å². The van der Waals surface area contributed by atoms with E-state index in [4.69, 9.17) is 8.94 Å². The van der Waals surface area contributed by atoms with Gasteiger partial charge in [0.25, 0.3) is 0 Å². The Labute approximate surface area is 146 Å². The molecule has 2 aromatic carbocycles. The van der Waals surface area contributed by atoms with Gasteiger partial charge in [-0.05, 0) is 31.2 Å². The van der Waals surface area contributed by atoms with Gasteiger partial charge in [0.1, 0.15) is 12.4 Å². The third-order valence-corrected chi connectivity index (χ3v) is 3.76. The second-order valence-corrected chi connectivity index (χ2v) is 5.72. The summed E-state index contributed by atoms with van der Waals surface area (Å²) in [6.07, 6.45) is 0. The van der Waals surface area contributed by atoms with Crippen LogP contribution in [0.5, 0.6) is 0 Å². The van der Waals surface area contributed by atoms with Gasteiger partial charge < -0.3 is 8.94 Å². The lowest BCUT2D eigenvalue weighted by molar-refractivity contribution is 0.360. The summed E-state index contributed by atoms with van der Waals surface area (Å²) < 4.78 is 24.4. The van der Waals surface area contributed by atoms with Gasteiger partial charge in [-0.3, -0.25) is 0 Å². The number of rotatable bonds is 4. The van der Waals surface area contributed by atoms with Crippen LogP contribution in [0.1, 0.15) is 11.5 Å². The first kappa shape index (κ1) is 15.9. The molecule has 4 rings (SSSR count). The Hall–Kier alpha value is -3.55. The summed E-state index contributed by atoms with van der Waals surface area (Å²) >= 11 is 0. The highest BCUT2D eigenvalue weighted by Gasteiger charge is 2.15. The molecule has 0 fully saturated rings. The first-order valence-corrected chi connectivity index (χ1v) is 7.82. The van der Waals surface area contributed by atoms with Crippen LogP contribution in [0.15, 0.2) is 62.3 Å². The molecule has 26 heavy (non-hydrogen) atoms. The van der Waals surface area contributed by atoms with Crippen LogP contribution in [0, 0.1) is 12.7 Å². The van der Waals surface area contributed by atoms with Crippen molar-refractivity contribution in [3.63, 3.8) is 0 Å². The molecule has 0 amide bonds. The van der Waals surface area contributed by atoms with Crippen molar-refractivity contribution >= 4 is 0 Å². The Bertz CT molecular complexity index is 1090. The highest BCUT2D eigenvalue weighted by Crippen LogP contribution is 2.18. The quantitative estimate of drug-likeness (QED) is 0.561. The lowest BCUT2D eigenvalue weighted by Gasteiger charge is -1.95. The third-order valence-electron chi connectivity index (χ3n) is 3.76. The van der Waals surface area contributed by atoms with Gasteiger partial charge in [0.2, 0.25) is 17.6 Å². The fourth-order valence-electron chi connectivity index (χ4n) is 2.38. The molecular formula is C18H13FN4O3. The molecule has 0 radical (unpaired) electrons. The average Bonchev–Trinajstić information content (AvgIpc) is 3.24. The standard InChI is InChI=1S/C18H13FN4O3/c1-11-2-4-12(5-3-11)16-20-15(26-22-16)10-23-18(24)25-17(21-23)13-6-8-14(19)9-7-13/h2-9H,10H2,1H3. The second-order valence-electron chi connectivity index (χ2n) is 5.72. The molecule has 0 N–H and O–H groups in total. The van der Waals surface area contributed by atoms with Gasteiger partial charge >= 0.3 is 5.76 Å². The van der Waals surface area contributed by atoms with E-state index in [1.807, 2.05) is 31.2 Å². The summed E-state index contributed by atoms with van der Waals surface area (Å²) in [6.45, 7) is 1.96. The van der Waals surface area contributed by atoms with E-state index in [1.165, 1.54) is 24.3 Å². The number of nitrogens with zero attached hydrogens (tertiary/aromatic N) is 4. The number of aromatic nitrogens is 4. The Morgan fingerprint density at radius 3 is 2.46 bits per heavy atom. The average molecular weight is 352 g/mol. The van der Waals surface area contributed by atoms with Gasteiger partial charge in [0, 0.05) is 11.1 Å². The van der Waals surface area contributed by atoms with Gasteiger partial charge in [-0.2, -0.15) is 9.67 Å². The first-order chi connectivity index (χ1) is 12.6. The maximum atomic E-state index is 13.0. The van der Waals surface area contributed by atoms with Crippen LogP contribution in [0.3, 0.4) is 0 Å². The minimum absolute atomic E-state index is 0.0254. The molecule has 0 unspecified atom stereocenters. The van der Waals surface area contributed by atoms with E-state index in [2.05, 4.69) is 15.2 Å². The van der Waals surface area contributed by atoms with E-state index in [1.54, 1.807) is 0 Å². The van der Waals surface area contributed by atoms with Crippen LogP contribution in [0.4, 0.5) is 4.39 Å². The molecule has 2 heterocycles. The highest BCUT2D eigenvalue weighted by atomic mass is 19.1. The number of halogens is 1. The van der Waals surface area contributed by atoms with Crippen molar-refractivity contribution in [1.29, 1.82) is 0 Å². The minimum atomic E-state index is -0.667. The summed E-state index contributed by atoms with van der Waals surface area (Å²) in [5.74, 6) is -0.311. The maximum absolute atomic E-state index is 13.0. The van der Waals surface area contributed by atoms with Crippen molar-refractivity contribution in [2.75, 3.05) is 0 Å². The Kier molecular flexibility index (Phi) is 3.92. The second kappa shape index (κ2) is 6.40. The van der Waals surface area contributed by atoms with Crippen LogP contribution >= 0.6 is 0 Å². The van der Waals surface area contributed by atoms with Crippen molar-refractivity contribution in [1.82, 2.24) is 19.9 Å². The summed E-state index contributed by atoms with van der Waals surface area (Å²) in [6, 6.07) is 13.2. The zero-order valence-corrected chi connectivity index (χ0v) is 13.7. The molecule has 4 aromatic rings. The molecule has 0 bridgehead atoms. The topological polar surface area (TPSA) is 87.0 Å². The zero-order chi connectivity index (χ0) is 18.1. The predicted octanol–water partition coefficient (Wildman–Crippen LogP) is 3.05. The Morgan fingerprint density at radius 2 is 1.73 bits per heavy atom. The van der Waals surface area contributed by atoms with Crippen molar-refractivity contribution < 1.29 is 13.3 Å². The molecule has 0 aliphatic carbocycles. The van der Waals surface area contributed by atoms with E-state index in [0.29, 0.717) is 11.4 Å². The van der Waals surface area contributed by atoms with Crippen molar-refractivity contribution in [2.24, 2.45) is 0 Å². The van der Waals surface area contributed by atoms with Gasteiger partial charge in [-0.25, -0.2) is 9.18 Å². The Balaban J connectivity index is 1.57. The molecule has 0 atom stereocenters. The van der Waals surface area contributed by atoms with Gasteiger partial charge in [-0.1, -0.05) is 35.0 Å². The fourth-order valence-corrected chi connectivity index (χ4v) is 2.38. The van der Waals surface area contributed by atoms with Crippen LogP contribution in [0.2, 0.25) is 0 Å². The smallest absolute Gasteiger partial charge is 0.388 e. The Morgan fingerprint density at radius 1 is 1.04 bits per heavy atom. The van der Waals surface area contributed by atoms with Crippen LogP contribution in [-0.4, -0.2) is 19.9 Å². The fraction of sp³-hybridized carbons (Fsp3) is 0.111. The molecule has 8 heteroatoms. The van der Waals surface area contributed by atoms with Gasteiger partial charge in [0.05, 0.1) is 0 Å². The lowest BCUT2D eigenvalue weighted by Crippen LogP contribution is -2.16. The molecule has 2 aromatic heterocycles. The van der Waals surface area contributed by atoms with E-state index in [9.17, 15) is 9.18 Å². The summed E-state index contributed by atoms with van der Waals surface area (Å²) in [7, 11) is 0. The van der Waals surface area contributed by atoms with Crippen molar-refractivity contribution in [3.8, 4) is 22.8 Å². The SMILES string of the molecule is Cc1ccc(-c2noc(Cn3nc(-c4ccc(F)cc4)oc3=O)n2)cc1. The number of benzene rings is 2. The first-order valence-electron chi connectivity index (χ1n) is 7.82. The van der Waals surface area contributed by atoms with Crippen molar-refractivity contribution in [3.05, 3.63) is 76.4 Å². The largest absolute Gasteiger partial charge is 0.437 e. The van der Waals surface area contributed by atoms with Crippen LogP contribution in [-0.2, 0) is 6.54 Å². The highest BCUT2D eigenvalue weighted by molar-refractivity contribution is 5.54. The molecule has 0 aliphatic rings. The molecule has 130 valence electrons. The van der Waals surface area contributed by atoms with Crippen LogP contribution in [0.25, 0.3) is 22.8 Å². The molecule has 0 saturated carbocycles. The van der Waals surface area contributed by atoms with E-state index in [-0.39, 0.29) is 24.1 Å². The number of hydrogen-bond donors (Lipinski definition) is 0. The molecule has 7 nitrogen and oxygen atoms in total. The molecular weight excluding hydrogens is 339 g/mol. The molecule has 0 aliphatic heterocycles. The number of hydrogen-bond acceptors (Lipinski definition) is 6. The molecule has 0 spiro atoms. The third kappa shape index (κ3) is 3.16. The van der Waals surface area contributed by atoms with Crippen LogP contribution < -0.4 is 5.76 Å². The summed E-state index contributed by atoms with van der Waals surface area (Å²) in [5.41, 5.74) is 2.43. The summed E-state index contributed by atoms with van der Waals surface area (Å²) in [5, 5.41) is 8.00. The molecule has 0 saturated heterocycles. The maximum Gasteiger partial charge on any atom is 0.437 e. The number of aryl methyl sites for hydroxylation is 1. The van der Waals surface area contributed by atoms with E-state index >= 15 is 0 Å². The zero-order valence-electron chi connectivity index (χ0n) is 13.7. The van der Waals surface area contributed by atoms with E-state index in [0.717, 1.165) is 15.8 Å². The van der Waals surface area contributed by atoms with Crippen molar-refractivity contribution in [2.45, 2.75) is 13.5 Å². The predicted molar refractivity (Wildman–Crippen MR) is 89.7 cm³/mol. The normalized spacial score (nSPS) is 11.0. The summed E-state index contributed by atoms with van der Waals surface area (Å²) in [4.78, 5) is 16.2.